The zero-order chi connectivity index (χ0) is 22.9. The number of aromatic nitrogens is 6. The summed E-state index contributed by atoms with van der Waals surface area (Å²) in [4.78, 5) is 27.1. The zero-order valence-electron chi connectivity index (χ0n) is 18.0. The van der Waals surface area contributed by atoms with Crippen LogP contribution in [0.3, 0.4) is 0 Å². The molecule has 0 amide bonds. The summed E-state index contributed by atoms with van der Waals surface area (Å²) in [5.74, 6) is 6.85. The number of ether oxygens (including phenoxy) is 1. The molecule has 3 aromatic heterocycles. The van der Waals surface area contributed by atoms with Gasteiger partial charge in [0.15, 0.2) is 5.52 Å². The molecule has 0 fully saturated rings. The Morgan fingerprint density at radius 1 is 0.939 bits per heavy atom. The lowest BCUT2D eigenvalue weighted by Gasteiger charge is -2.09. The summed E-state index contributed by atoms with van der Waals surface area (Å²) in [6, 6.07) is 14.8. The molecule has 0 saturated heterocycles. The Labute approximate surface area is 188 Å². The number of nitrogens with two attached hydrogens (primary N) is 1. The summed E-state index contributed by atoms with van der Waals surface area (Å²) >= 11 is 0. The summed E-state index contributed by atoms with van der Waals surface area (Å²) in [5, 5.41) is 4.54. The SMILES string of the molecule is COc1ccc(-n2nc(CON)c3ncn(-c4ccc(-n5ccnc5C)cc4)c(=O)c32)cc1. The molecule has 2 aromatic carbocycles. The van der Waals surface area contributed by atoms with Crippen molar-refractivity contribution in [3.05, 3.63) is 89.1 Å². The van der Waals surface area contributed by atoms with Crippen molar-refractivity contribution in [2.24, 2.45) is 5.90 Å². The first-order valence-corrected chi connectivity index (χ1v) is 10.2. The van der Waals surface area contributed by atoms with E-state index >= 15 is 0 Å². The first-order chi connectivity index (χ1) is 16.1. The molecule has 0 aliphatic rings. The average molecular weight is 443 g/mol. The van der Waals surface area contributed by atoms with Gasteiger partial charge in [-0.25, -0.2) is 20.5 Å². The molecule has 0 atom stereocenters. The fraction of sp³-hybridized carbons (Fsp3) is 0.130. The van der Waals surface area contributed by atoms with E-state index in [1.165, 1.54) is 10.9 Å². The number of nitrogens with zero attached hydrogens (tertiary/aromatic N) is 6. The number of benzene rings is 2. The highest BCUT2D eigenvalue weighted by atomic mass is 16.6. The van der Waals surface area contributed by atoms with Crippen LogP contribution in [0.2, 0.25) is 0 Å². The van der Waals surface area contributed by atoms with Crippen LogP contribution in [0, 0.1) is 6.92 Å². The molecule has 0 radical (unpaired) electrons. The highest BCUT2D eigenvalue weighted by Gasteiger charge is 2.19. The molecule has 0 aliphatic carbocycles. The maximum atomic E-state index is 13.6. The molecule has 3 heterocycles. The van der Waals surface area contributed by atoms with E-state index in [4.69, 9.17) is 15.5 Å². The number of imidazole rings is 1. The van der Waals surface area contributed by atoms with E-state index < -0.39 is 0 Å². The lowest BCUT2D eigenvalue weighted by Crippen LogP contribution is -2.21. The Morgan fingerprint density at radius 3 is 2.21 bits per heavy atom. The number of hydrogen-bond acceptors (Lipinski definition) is 7. The summed E-state index contributed by atoms with van der Waals surface area (Å²) in [6.07, 6.45) is 5.12. The van der Waals surface area contributed by atoms with Gasteiger partial charge in [0.25, 0.3) is 5.56 Å². The van der Waals surface area contributed by atoms with Gasteiger partial charge in [0.1, 0.15) is 35.7 Å². The van der Waals surface area contributed by atoms with Crippen molar-refractivity contribution in [3.8, 4) is 22.8 Å². The normalized spacial score (nSPS) is 11.2. The van der Waals surface area contributed by atoms with E-state index in [0.717, 1.165) is 11.5 Å². The van der Waals surface area contributed by atoms with Crippen molar-refractivity contribution >= 4 is 11.0 Å². The lowest BCUT2D eigenvalue weighted by molar-refractivity contribution is 0.122. The third-order valence-corrected chi connectivity index (χ3v) is 5.42. The molecule has 33 heavy (non-hydrogen) atoms. The van der Waals surface area contributed by atoms with Gasteiger partial charge in [0, 0.05) is 18.1 Å². The molecule has 0 aliphatic heterocycles. The minimum absolute atomic E-state index is 0.0229. The van der Waals surface area contributed by atoms with E-state index in [2.05, 4.69) is 15.1 Å². The summed E-state index contributed by atoms with van der Waals surface area (Å²) in [7, 11) is 1.59. The standard InChI is InChI=1S/C23H21N7O3/c1-15-25-11-12-28(15)16-3-5-17(6-4-16)29-14-26-21-20(13-33-24)27-30(22(21)23(29)31)18-7-9-19(32-2)10-8-18/h3-12,14H,13,24H2,1-2H3. The molecule has 10 heteroatoms. The maximum Gasteiger partial charge on any atom is 0.284 e. The zero-order valence-corrected chi connectivity index (χ0v) is 18.0. The van der Waals surface area contributed by atoms with Gasteiger partial charge < -0.3 is 9.30 Å². The summed E-state index contributed by atoms with van der Waals surface area (Å²) in [5.41, 5.74) is 3.27. The monoisotopic (exact) mass is 443 g/mol. The van der Waals surface area contributed by atoms with Gasteiger partial charge in [-0.15, -0.1) is 0 Å². The number of aryl methyl sites for hydroxylation is 1. The second-order valence-electron chi connectivity index (χ2n) is 7.35. The Hall–Kier alpha value is -4.28. The third kappa shape index (κ3) is 3.56. The largest absolute Gasteiger partial charge is 0.497 e. The predicted molar refractivity (Wildman–Crippen MR) is 122 cm³/mol. The van der Waals surface area contributed by atoms with Gasteiger partial charge in [0.05, 0.1) is 18.5 Å². The summed E-state index contributed by atoms with van der Waals surface area (Å²) in [6.45, 7) is 1.95. The van der Waals surface area contributed by atoms with Crippen molar-refractivity contribution < 1.29 is 9.57 Å². The van der Waals surface area contributed by atoms with Crippen LogP contribution in [0.4, 0.5) is 0 Å². The lowest BCUT2D eigenvalue weighted by atomic mass is 10.2. The quantitative estimate of drug-likeness (QED) is 0.401. The molecule has 0 saturated carbocycles. The van der Waals surface area contributed by atoms with Gasteiger partial charge in [0.2, 0.25) is 0 Å². The van der Waals surface area contributed by atoms with E-state index in [9.17, 15) is 4.79 Å². The molecule has 5 aromatic rings. The number of fused-ring (bicyclic) bond motifs is 1. The number of hydrogen-bond donors (Lipinski definition) is 1. The topological polar surface area (TPSA) is 115 Å². The molecule has 0 spiro atoms. The van der Waals surface area contributed by atoms with Crippen LogP contribution in [0.5, 0.6) is 5.75 Å². The highest BCUT2D eigenvalue weighted by Crippen LogP contribution is 2.21. The second kappa shape index (κ2) is 8.34. The van der Waals surface area contributed by atoms with Crippen molar-refractivity contribution in [2.45, 2.75) is 13.5 Å². The van der Waals surface area contributed by atoms with Crippen molar-refractivity contribution in [1.29, 1.82) is 0 Å². The smallest absolute Gasteiger partial charge is 0.284 e. The van der Waals surface area contributed by atoms with Crippen molar-refractivity contribution in [2.75, 3.05) is 7.11 Å². The second-order valence-corrected chi connectivity index (χ2v) is 7.35. The highest BCUT2D eigenvalue weighted by molar-refractivity contribution is 5.78. The van der Waals surface area contributed by atoms with E-state index in [0.29, 0.717) is 33.9 Å². The molecule has 0 bridgehead atoms. The molecule has 0 unspecified atom stereocenters. The Kier molecular flexibility index (Phi) is 5.21. The fourth-order valence-electron chi connectivity index (χ4n) is 3.76. The van der Waals surface area contributed by atoms with Crippen LogP contribution >= 0.6 is 0 Å². The molecule has 10 nitrogen and oxygen atoms in total. The van der Waals surface area contributed by atoms with Crippen LogP contribution in [0.15, 0.2) is 72.0 Å². The molecule has 2 N–H and O–H groups in total. The van der Waals surface area contributed by atoms with Gasteiger partial charge in [-0.2, -0.15) is 5.10 Å². The molecule has 5 rings (SSSR count). The first kappa shape index (κ1) is 20.6. The van der Waals surface area contributed by atoms with Crippen LogP contribution in [0.1, 0.15) is 11.5 Å². The van der Waals surface area contributed by atoms with E-state index in [-0.39, 0.29) is 12.2 Å². The Bertz CT molecular complexity index is 1480. The van der Waals surface area contributed by atoms with Crippen molar-refractivity contribution in [3.63, 3.8) is 0 Å². The van der Waals surface area contributed by atoms with Crippen LogP contribution in [0.25, 0.3) is 28.1 Å². The number of rotatable bonds is 6. The molecular formula is C23H21N7O3. The fourth-order valence-corrected chi connectivity index (χ4v) is 3.76. The average Bonchev–Trinajstić information content (AvgIpc) is 3.44. The van der Waals surface area contributed by atoms with Crippen molar-refractivity contribution in [1.82, 2.24) is 28.9 Å². The molecule has 166 valence electrons. The van der Waals surface area contributed by atoms with Gasteiger partial charge in [-0.3, -0.25) is 14.2 Å². The minimum Gasteiger partial charge on any atom is -0.497 e. The third-order valence-electron chi connectivity index (χ3n) is 5.42. The van der Waals surface area contributed by atoms with Crippen LogP contribution in [-0.2, 0) is 11.4 Å². The minimum atomic E-state index is -0.266. The maximum absolute atomic E-state index is 13.6. The van der Waals surface area contributed by atoms with Crippen LogP contribution < -0.4 is 16.2 Å². The van der Waals surface area contributed by atoms with Gasteiger partial charge in [-0.1, -0.05) is 0 Å². The van der Waals surface area contributed by atoms with Gasteiger partial charge >= 0.3 is 0 Å². The number of methoxy groups -OCH3 is 1. The van der Waals surface area contributed by atoms with Crippen LogP contribution in [-0.4, -0.2) is 36.0 Å². The van der Waals surface area contributed by atoms with E-state index in [1.54, 1.807) is 30.1 Å². The van der Waals surface area contributed by atoms with Gasteiger partial charge in [-0.05, 0) is 55.5 Å². The van der Waals surface area contributed by atoms with E-state index in [1.807, 2.05) is 54.1 Å². The summed E-state index contributed by atoms with van der Waals surface area (Å²) < 4.78 is 10.2. The Morgan fingerprint density at radius 2 is 1.61 bits per heavy atom. The Balaban J connectivity index is 1.64. The predicted octanol–water partition coefficient (Wildman–Crippen LogP) is 2.46. The molecular weight excluding hydrogens is 422 g/mol. The first-order valence-electron chi connectivity index (χ1n) is 10.2.